The van der Waals surface area contributed by atoms with Crippen molar-refractivity contribution in [3.05, 3.63) is 35.6 Å². The topological polar surface area (TPSA) is 76.4 Å². The monoisotopic (exact) mass is 304 g/mol. The number of nitrogens with zero attached hydrogens (tertiary/aromatic N) is 4. The summed E-state index contributed by atoms with van der Waals surface area (Å²) in [7, 11) is 3.38. The van der Waals surface area contributed by atoms with E-state index in [9.17, 15) is 0 Å². The Morgan fingerprint density at radius 1 is 1.29 bits per heavy atom. The van der Waals surface area contributed by atoms with Gasteiger partial charge in [0.1, 0.15) is 5.75 Å². The van der Waals surface area contributed by atoms with Gasteiger partial charge < -0.3 is 15.4 Å². The number of nitrogens with one attached hydrogen (secondary N) is 2. The van der Waals surface area contributed by atoms with Gasteiger partial charge in [0, 0.05) is 24.5 Å². The number of halogens is 1. The minimum atomic E-state index is 0.562. The Balaban J connectivity index is 2.06. The van der Waals surface area contributed by atoms with Gasteiger partial charge in [0.15, 0.2) is 5.82 Å². The van der Waals surface area contributed by atoms with Crippen LogP contribution in [-0.2, 0) is 0 Å². The van der Waals surface area contributed by atoms with Gasteiger partial charge in [0.05, 0.1) is 12.8 Å². The minimum Gasteiger partial charge on any atom is -0.495 e. The Bertz CT molecular complexity index is 787. The number of hydrogen-bond donors (Lipinski definition) is 2. The fourth-order valence-corrected chi connectivity index (χ4v) is 2.16. The van der Waals surface area contributed by atoms with E-state index in [2.05, 4.69) is 25.8 Å². The second-order valence-corrected chi connectivity index (χ2v) is 4.65. The van der Waals surface area contributed by atoms with Crippen molar-refractivity contribution in [3.63, 3.8) is 0 Å². The molecule has 0 atom stereocenters. The van der Waals surface area contributed by atoms with Crippen LogP contribution in [-0.4, -0.2) is 33.7 Å². The third-order valence-electron chi connectivity index (χ3n) is 2.97. The highest BCUT2D eigenvalue weighted by atomic mass is 35.5. The second-order valence-electron chi connectivity index (χ2n) is 4.21. The first-order valence-corrected chi connectivity index (χ1v) is 6.59. The average Bonchev–Trinajstić information content (AvgIpc) is 2.92. The number of rotatable bonds is 4. The van der Waals surface area contributed by atoms with E-state index in [1.165, 1.54) is 0 Å². The maximum Gasteiger partial charge on any atom is 0.228 e. The number of anilines is 3. The molecular formula is C13H13ClN6O. The van der Waals surface area contributed by atoms with Crippen molar-refractivity contribution in [1.29, 1.82) is 0 Å². The van der Waals surface area contributed by atoms with E-state index in [1.54, 1.807) is 49.2 Å². The molecule has 0 unspecified atom stereocenters. The standard InChI is InChI=1S/C13H13ClN6O/c1-15-13-19-18-12-11(16-5-6-20(12)13)17-9-7-8(14)3-4-10(9)21-2/h3-7H,1-2H3,(H,15,19)(H,16,17). The van der Waals surface area contributed by atoms with Crippen LogP contribution in [0.5, 0.6) is 5.75 Å². The first kappa shape index (κ1) is 13.4. The lowest BCUT2D eigenvalue weighted by Gasteiger charge is -2.11. The molecule has 0 saturated carbocycles. The van der Waals surface area contributed by atoms with Crippen LogP contribution in [0.3, 0.4) is 0 Å². The van der Waals surface area contributed by atoms with Crippen molar-refractivity contribution in [3.8, 4) is 5.75 Å². The third kappa shape index (κ3) is 2.43. The lowest BCUT2D eigenvalue weighted by atomic mass is 10.3. The van der Waals surface area contributed by atoms with Gasteiger partial charge in [-0.15, -0.1) is 10.2 Å². The fraction of sp³-hybridized carbons (Fsp3) is 0.154. The lowest BCUT2D eigenvalue weighted by Crippen LogP contribution is -2.01. The third-order valence-corrected chi connectivity index (χ3v) is 3.20. The molecule has 21 heavy (non-hydrogen) atoms. The summed E-state index contributed by atoms with van der Waals surface area (Å²) in [6, 6.07) is 5.31. The van der Waals surface area contributed by atoms with Gasteiger partial charge in [-0.05, 0) is 18.2 Å². The quantitative estimate of drug-likeness (QED) is 0.771. The molecule has 2 aromatic heterocycles. The first-order valence-electron chi connectivity index (χ1n) is 6.21. The van der Waals surface area contributed by atoms with Crippen LogP contribution in [0.1, 0.15) is 0 Å². The summed E-state index contributed by atoms with van der Waals surface area (Å²) in [6.45, 7) is 0. The normalized spacial score (nSPS) is 10.6. The van der Waals surface area contributed by atoms with E-state index in [-0.39, 0.29) is 0 Å². The number of ether oxygens (including phenoxy) is 1. The molecule has 0 aliphatic carbocycles. The zero-order valence-electron chi connectivity index (χ0n) is 11.5. The maximum atomic E-state index is 6.03. The summed E-state index contributed by atoms with van der Waals surface area (Å²) in [5.74, 6) is 1.86. The molecule has 0 bridgehead atoms. The van der Waals surface area contributed by atoms with E-state index >= 15 is 0 Å². The molecule has 3 aromatic rings. The Morgan fingerprint density at radius 2 is 2.14 bits per heavy atom. The van der Waals surface area contributed by atoms with Gasteiger partial charge in [-0.3, -0.25) is 4.40 Å². The van der Waals surface area contributed by atoms with E-state index in [1.807, 2.05) is 0 Å². The summed E-state index contributed by atoms with van der Waals surface area (Å²) >= 11 is 6.03. The summed E-state index contributed by atoms with van der Waals surface area (Å²) in [5, 5.41) is 14.9. The number of hydrogen-bond acceptors (Lipinski definition) is 6. The van der Waals surface area contributed by atoms with Crippen LogP contribution < -0.4 is 15.4 Å². The fourth-order valence-electron chi connectivity index (χ4n) is 1.99. The highest BCUT2D eigenvalue weighted by Gasteiger charge is 2.11. The molecule has 0 fully saturated rings. The molecule has 1 aromatic carbocycles. The van der Waals surface area contributed by atoms with Gasteiger partial charge in [0.25, 0.3) is 0 Å². The molecule has 108 valence electrons. The molecule has 3 rings (SSSR count). The van der Waals surface area contributed by atoms with Crippen molar-refractivity contribution >= 4 is 34.7 Å². The highest BCUT2D eigenvalue weighted by Crippen LogP contribution is 2.31. The summed E-state index contributed by atoms with van der Waals surface area (Å²) in [5.41, 5.74) is 1.31. The number of benzene rings is 1. The van der Waals surface area contributed by atoms with Crippen LogP contribution in [0.2, 0.25) is 5.02 Å². The van der Waals surface area contributed by atoms with Crippen LogP contribution in [0.4, 0.5) is 17.5 Å². The Morgan fingerprint density at radius 3 is 2.90 bits per heavy atom. The van der Waals surface area contributed by atoms with Gasteiger partial charge in [0.2, 0.25) is 11.6 Å². The maximum absolute atomic E-state index is 6.03. The highest BCUT2D eigenvalue weighted by molar-refractivity contribution is 6.31. The largest absolute Gasteiger partial charge is 0.495 e. The predicted molar refractivity (Wildman–Crippen MR) is 81.6 cm³/mol. The molecule has 0 saturated heterocycles. The smallest absolute Gasteiger partial charge is 0.228 e. The van der Waals surface area contributed by atoms with E-state index in [0.717, 1.165) is 0 Å². The molecule has 7 nitrogen and oxygen atoms in total. The summed E-state index contributed by atoms with van der Waals surface area (Å²) in [4.78, 5) is 4.29. The average molecular weight is 305 g/mol. The number of methoxy groups -OCH3 is 1. The van der Waals surface area contributed by atoms with Crippen molar-refractivity contribution in [1.82, 2.24) is 19.6 Å². The Labute approximate surface area is 125 Å². The van der Waals surface area contributed by atoms with Crippen molar-refractivity contribution in [2.24, 2.45) is 0 Å². The second kappa shape index (κ2) is 5.45. The van der Waals surface area contributed by atoms with Gasteiger partial charge in [-0.1, -0.05) is 11.6 Å². The lowest BCUT2D eigenvalue weighted by molar-refractivity contribution is 0.417. The number of fused-ring (bicyclic) bond motifs is 1. The van der Waals surface area contributed by atoms with Gasteiger partial charge in [-0.25, -0.2) is 4.98 Å². The van der Waals surface area contributed by atoms with E-state index in [4.69, 9.17) is 16.3 Å². The van der Waals surface area contributed by atoms with Crippen LogP contribution in [0.15, 0.2) is 30.6 Å². The molecule has 2 N–H and O–H groups in total. The minimum absolute atomic E-state index is 0.562. The summed E-state index contributed by atoms with van der Waals surface area (Å²) in [6.07, 6.45) is 3.44. The first-order chi connectivity index (χ1) is 10.2. The number of aromatic nitrogens is 4. The zero-order chi connectivity index (χ0) is 14.8. The van der Waals surface area contributed by atoms with Crippen molar-refractivity contribution in [2.75, 3.05) is 24.8 Å². The molecule has 2 heterocycles. The molecular weight excluding hydrogens is 292 g/mol. The van der Waals surface area contributed by atoms with E-state index in [0.29, 0.717) is 33.9 Å². The summed E-state index contributed by atoms with van der Waals surface area (Å²) < 4.78 is 7.10. The van der Waals surface area contributed by atoms with Crippen molar-refractivity contribution < 1.29 is 4.74 Å². The van der Waals surface area contributed by atoms with Crippen molar-refractivity contribution in [2.45, 2.75) is 0 Å². The molecule has 8 heteroatoms. The molecule has 0 spiro atoms. The van der Waals surface area contributed by atoms with Crippen LogP contribution in [0.25, 0.3) is 5.65 Å². The van der Waals surface area contributed by atoms with Crippen LogP contribution in [0, 0.1) is 0 Å². The predicted octanol–water partition coefficient (Wildman–Crippen LogP) is 2.57. The van der Waals surface area contributed by atoms with Gasteiger partial charge in [-0.2, -0.15) is 0 Å². The van der Waals surface area contributed by atoms with Gasteiger partial charge >= 0.3 is 0 Å². The molecule has 0 radical (unpaired) electrons. The zero-order valence-corrected chi connectivity index (χ0v) is 12.2. The Hall–Kier alpha value is -2.54. The molecule has 0 aliphatic heterocycles. The van der Waals surface area contributed by atoms with Crippen LogP contribution >= 0.6 is 11.6 Å². The molecule has 0 aliphatic rings. The van der Waals surface area contributed by atoms with E-state index < -0.39 is 0 Å². The molecule has 0 amide bonds. The SMILES string of the molecule is CNc1nnc2c(Nc3cc(Cl)ccc3OC)nccn12. The Kier molecular flexibility index (Phi) is 3.49.